The van der Waals surface area contributed by atoms with Crippen LogP contribution in [0.1, 0.15) is 15.9 Å². The molecular weight excluding hydrogens is 442 g/mol. The number of hydrogen-bond acceptors (Lipinski definition) is 6. The zero-order chi connectivity index (χ0) is 24.2. The van der Waals surface area contributed by atoms with Crippen molar-refractivity contribution >= 4 is 28.4 Å². The van der Waals surface area contributed by atoms with Crippen LogP contribution in [0.3, 0.4) is 0 Å². The van der Waals surface area contributed by atoms with Crippen molar-refractivity contribution in [2.24, 2.45) is 0 Å². The maximum Gasteiger partial charge on any atom is 0.384 e. The van der Waals surface area contributed by atoms with Gasteiger partial charge in [0.15, 0.2) is 5.65 Å². The van der Waals surface area contributed by atoms with Gasteiger partial charge in [-0.25, -0.2) is 9.78 Å². The minimum absolute atomic E-state index is 0.132. The molecule has 0 aliphatic rings. The molecule has 2 heterocycles. The molecule has 0 aliphatic carbocycles. The molecule has 0 saturated carbocycles. The Balaban J connectivity index is 1.37. The van der Waals surface area contributed by atoms with E-state index in [4.69, 9.17) is 0 Å². The summed E-state index contributed by atoms with van der Waals surface area (Å²) in [6, 6.07) is 28.0. The average Bonchev–Trinajstić information content (AvgIpc) is 2.91. The summed E-state index contributed by atoms with van der Waals surface area (Å²) in [5.74, 6) is 0.161. The summed E-state index contributed by atoms with van der Waals surface area (Å²) >= 11 is 0. The molecule has 0 fully saturated rings. The lowest BCUT2D eigenvalue weighted by Gasteiger charge is -2.13. The summed E-state index contributed by atoms with van der Waals surface area (Å²) in [7, 11) is 0. The average molecular weight is 463 g/mol. The molecule has 8 nitrogen and oxygen atoms in total. The molecule has 0 saturated heterocycles. The Kier molecular flexibility index (Phi) is 5.92. The van der Waals surface area contributed by atoms with E-state index < -0.39 is 5.69 Å². The number of rotatable bonds is 6. The second kappa shape index (κ2) is 9.48. The lowest BCUT2D eigenvalue weighted by atomic mass is 9.98. The third-order valence-electron chi connectivity index (χ3n) is 5.58. The first-order valence-electron chi connectivity index (χ1n) is 11.0. The topological polar surface area (TPSA) is 109 Å². The minimum Gasteiger partial charge on any atom is -0.422 e. The fourth-order valence-corrected chi connectivity index (χ4v) is 3.84. The highest BCUT2D eigenvalue weighted by atomic mass is 16.5. The van der Waals surface area contributed by atoms with Gasteiger partial charge in [0.1, 0.15) is 5.82 Å². The van der Waals surface area contributed by atoms with Gasteiger partial charge in [0.05, 0.1) is 5.39 Å². The normalized spacial score (nSPS) is 10.7. The van der Waals surface area contributed by atoms with Crippen molar-refractivity contribution in [3.05, 3.63) is 119 Å². The molecule has 2 aromatic heterocycles. The van der Waals surface area contributed by atoms with Crippen LogP contribution in [0.4, 0.5) is 11.5 Å². The van der Waals surface area contributed by atoms with Crippen LogP contribution in [0.25, 0.3) is 22.2 Å². The highest BCUT2D eigenvalue weighted by Crippen LogP contribution is 2.26. The second-order valence-electron chi connectivity index (χ2n) is 7.84. The number of amides is 1. The molecule has 1 amide bonds. The number of carbonyl (C=O) groups excluding carboxylic acids is 1. The van der Waals surface area contributed by atoms with Gasteiger partial charge in [0.25, 0.3) is 5.91 Å². The van der Waals surface area contributed by atoms with Crippen LogP contribution in [0.5, 0.6) is 0 Å². The summed E-state index contributed by atoms with van der Waals surface area (Å²) in [4.78, 5) is 32.6. The van der Waals surface area contributed by atoms with Crippen LogP contribution in [0, 0.1) is 0 Å². The first-order valence-corrected chi connectivity index (χ1v) is 11.0. The molecule has 0 radical (unpaired) electrons. The van der Waals surface area contributed by atoms with Gasteiger partial charge in [-0.3, -0.25) is 4.79 Å². The highest BCUT2D eigenvalue weighted by molar-refractivity contribution is 6.04. The van der Waals surface area contributed by atoms with Crippen LogP contribution in [-0.4, -0.2) is 25.8 Å². The maximum atomic E-state index is 12.6. The predicted octanol–water partition coefficient (Wildman–Crippen LogP) is 4.56. The number of nitrogens with one attached hydrogen (secondary N) is 2. The standard InChI is InChI=1S/C27H21N5O3/c33-26(30-21-8-2-1-3-9-21)19-14-12-18(13-15-19)22-10-5-4-7-20(22)17-29-24-23-11-6-16-28-25(23)32(35)27(34)31-24/h1-16,35H,17H2,(H,30,33)(H,29,31,34). The Morgan fingerprint density at radius 1 is 0.886 bits per heavy atom. The van der Waals surface area contributed by atoms with E-state index in [1.54, 1.807) is 24.3 Å². The number of nitrogens with zero attached hydrogens (tertiary/aromatic N) is 3. The fourth-order valence-electron chi connectivity index (χ4n) is 3.84. The number of carbonyl (C=O) groups is 1. The van der Waals surface area contributed by atoms with E-state index in [1.807, 2.05) is 66.7 Å². The van der Waals surface area contributed by atoms with E-state index in [0.717, 1.165) is 22.4 Å². The number of fused-ring (bicyclic) bond motifs is 1. The molecule has 5 aromatic rings. The van der Waals surface area contributed by atoms with Crippen molar-refractivity contribution in [1.82, 2.24) is 14.7 Å². The first-order chi connectivity index (χ1) is 17.1. The number of anilines is 2. The highest BCUT2D eigenvalue weighted by Gasteiger charge is 2.12. The van der Waals surface area contributed by atoms with Crippen LogP contribution >= 0.6 is 0 Å². The van der Waals surface area contributed by atoms with E-state index in [9.17, 15) is 14.8 Å². The molecule has 3 aromatic carbocycles. The lowest BCUT2D eigenvalue weighted by molar-refractivity contribution is 0.102. The van der Waals surface area contributed by atoms with Crippen molar-refractivity contribution in [3.63, 3.8) is 0 Å². The molecule has 0 aliphatic heterocycles. The molecule has 3 N–H and O–H groups in total. The molecule has 0 bridgehead atoms. The van der Waals surface area contributed by atoms with Crippen molar-refractivity contribution in [3.8, 4) is 11.1 Å². The van der Waals surface area contributed by atoms with Gasteiger partial charge < -0.3 is 15.8 Å². The summed E-state index contributed by atoms with van der Waals surface area (Å²) in [5.41, 5.74) is 3.52. The van der Waals surface area contributed by atoms with Gasteiger partial charge in [-0.15, -0.1) is 4.73 Å². The summed E-state index contributed by atoms with van der Waals surface area (Å²) in [6.07, 6.45) is 1.50. The molecule has 0 unspecified atom stereocenters. The van der Waals surface area contributed by atoms with E-state index in [1.165, 1.54) is 6.20 Å². The summed E-state index contributed by atoms with van der Waals surface area (Å²) < 4.78 is 0.434. The zero-order valence-corrected chi connectivity index (χ0v) is 18.6. The number of benzene rings is 3. The van der Waals surface area contributed by atoms with Crippen molar-refractivity contribution < 1.29 is 10.0 Å². The maximum absolute atomic E-state index is 12.6. The third-order valence-corrected chi connectivity index (χ3v) is 5.58. The Bertz CT molecular complexity index is 1560. The van der Waals surface area contributed by atoms with E-state index in [2.05, 4.69) is 20.6 Å². The summed E-state index contributed by atoms with van der Waals surface area (Å²) in [6.45, 7) is 0.387. The number of aromatic nitrogens is 3. The van der Waals surface area contributed by atoms with Crippen LogP contribution in [0.2, 0.25) is 0 Å². The van der Waals surface area contributed by atoms with Gasteiger partial charge in [-0.1, -0.05) is 54.6 Å². The number of pyridine rings is 1. The van der Waals surface area contributed by atoms with Crippen molar-refractivity contribution in [2.45, 2.75) is 6.54 Å². The van der Waals surface area contributed by atoms with Crippen molar-refractivity contribution in [2.75, 3.05) is 10.6 Å². The molecule has 35 heavy (non-hydrogen) atoms. The SMILES string of the molecule is O=C(Nc1ccccc1)c1ccc(-c2ccccc2CNc2nc(=O)n(O)c3ncccc23)cc1. The van der Waals surface area contributed by atoms with Gasteiger partial charge in [0, 0.05) is 24.0 Å². The third kappa shape index (κ3) is 4.58. The van der Waals surface area contributed by atoms with E-state index in [-0.39, 0.29) is 11.6 Å². The van der Waals surface area contributed by atoms with Gasteiger partial charge >= 0.3 is 5.69 Å². The largest absolute Gasteiger partial charge is 0.422 e. The van der Waals surface area contributed by atoms with Crippen molar-refractivity contribution in [1.29, 1.82) is 0 Å². The van der Waals surface area contributed by atoms with Gasteiger partial charge in [-0.05, 0) is 53.1 Å². The Labute approximate surface area is 200 Å². The van der Waals surface area contributed by atoms with Gasteiger partial charge in [0.2, 0.25) is 0 Å². The monoisotopic (exact) mass is 463 g/mol. The Morgan fingerprint density at radius 2 is 1.63 bits per heavy atom. The Morgan fingerprint density at radius 3 is 2.43 bits per heavy atom. The molecule has 172 valence electrons. The molecule has 5 rings (SSSR count). The number of hydrogen-bond donors (Lipinski definition) is 3. The number of para-hydroxylation sites is 1. The van der Waals surface area contributed by atoms with Crippen LogP contribution < -0.4 is 16.3 Å². The van der Waals surface area contributed by atoms with Crippen LogP contribution in [-0.2, 0) is 6.54 Å². The minimum atomic E-state index is -0.809. The fraction of sp³-hybridized carbons (Fsp3) is 0.0370. The van der Waals surface area contributed by atoms with E-state index >= 15 is 0 Å². The Hall–Kier alpha value is -4.98. The van der Waals surface area contributed by atoms with E-state index in [0.29, 0.717) is 28.0 Å². The van der Waals surface area contributed by atoms with Crippen LogP contribution in [0.15, 0.2) is 102 Å². The zero-order valence-electron chi connectivity index (χ0n) is 18.6. The molecule has 0 atom stereocenters. The lowest BCUT2D eigenvalue weighted by Crippen LogP contribution is -2.23. The summed E-state index contributed by atoms with van der Waals surface area (Å²) in [5, 5.41) is 16.5. The second-order valence-corrected chi connectivity index (χ2v) is 7.84. The molecule has 8 heteroatoms. The first kappa shape index (κ1) is 21.8. The molecule has 0 spiro atoms. The molecular formula is C27H21N5O3. The quantitative estimate of drug-likeness (QED) is 0.319. The smallest absolute Gasteiger partial charge is 0.384 e. The van der Waals surface area contributed by atoms with Gasteiger partial charge in [-0.2, -0.15) is 4.98 Å². The predicted molar refractivity (Wildman–Crippen MR) is 135 cm³/mol.